The lowest BCUT2D eigenvalue weighted by atomic mass is 9.91. The minimum atomic E-state index is -4.59. The Labute approximate surface area is 94.5 Å². The van der Waals surface area contributed by atoms with Crippen molar-refractivity contribution in [2.45, 2.75) is 11.7 Å². The molecule has 0 aliphatic heterocycles. The number of carboxylic acids is 1. The molecule has 0 aromatic heterocycles. The Kier molecular flexibility index (Phi) is 3.44. The van der Waals surface area contributed by atoms with E-state index >= 15 is 0 Å². The summed E-state index contributed by atoms with van der Waals surface area (Å²) in [5, 5.41) is 17.7. The molecule has 17 heavy (non-hydrogen) atoms. The number of alkyl halides is 3. The van der Waals surface area contributed by atoms with Crippen molar-refractivity contribution >= 4 is 5.97 Å². The third-order valence-electron chi connectivity index (χ3n) is 2.34. The van der Waals surface area contributed by atoms with Crippen LogP contribution >= 0.6 is 0 Å². The maximum atomic E-state index is 12.4. The first-order valence-electron chi connectivity index (χ1n) is 4.52. The first-order chi connectivity index (χ1) is 7.71. The molecule has 0 radical (unpaired) electrons. The number of nitrogens with two attached hydrogens (primary N) is 1. The minimum absolute atomic E-state index is 0.303. The van der Waals surface area contributed by atoms with Gasteiger partial charge < -0.3 is 15.9 Å². The van der Waals surface area contributed by atoms with Crippen LogP contribution in [0.1, 0.15) is 11.1 Å². The molecule has 0 heterocycles. The summed E-state index contributed by atoms with van der Waals surface area (Å²) in [7, 11) is 0. The van der Waals surface area contributed by atoms with E-state index in [1.54, 1.807) is 0 Å². The molecule has 0 saturated carbocycles. The highest BCUT2D eigenvalue weighted by molar-refractivity contribution is 5.80. The van der Waals surface area contributed by atoms with Gasteiger partial charge in [-0.15, -0.1) is 0 Å². The van der Waals surface area contributed by atoms with Crippen molar-refractivity contribution in [1.82, 2.24) is 0 Å². The average molecular weight is 249 g/mol. The van der Waals surface area contributed by atoms with Gasteiger partial charge in [-0.1, -0.05) is 12.1 Å². The van der Waals surface area contributed by atoms with Gasteiger partial charge in [0.2, 0.25) is 0 Å². The summed E-state index contributed by atoms with van der Waals surface area (Å²) >= 11 is 0. The second-order valence-corrected chi connectivity index (χ2v) is 3.51. The van der Waals surface area contributed by atoms with E-state index < -0.39 is 29.9 Å². The zero-order valence-corrected chi connectivity index (χ0v) is 8.53. The summed E-state index contributed by atoms with van der Waals surface area (Å²) < 4.78 is 37.2. The number of carbonyl (C=O) groups is 1. The molecule has 1 unspecified atom stereocenters. The lowest BCUT2D eigenvalue weighted by Crippen LogP contribution is -2.48. The van der Waals surface area contributed by atoms with E-state index in [1.165, 1.54) is 0 Å². The van der Waals surface area contributed by atoms with Gasteiger partial charge in [0.05, 0.1) is 12.2 Å². The van der Waals surface area contributed by atoms with Crippen LogP contribution in [0.2, 0.25) is 0 Å². The zero-order valence-electron chi connectivity index (χ0n) is 8.53. The van der Waals surface area contributed by atoms with Crippen LogP contribution in [-0.2, 0) is 16.5 Å². The van der Waals surface area contributed by atoms with Crippen molar-refractivity contribution in [3.8, 4) is 0 Å². The molecular weight excluding hydrogens is 239 g/mol. The molecule has 1 atom stereocenters. The number of rotatable bonds is 3. The summed E-state index contributed by atoms with van der Waals surface area (Å²) in [6.07, 6.45) is -4.59. The topological polar surface area (TPSA) is 83.5 Å². The van der Waals surface area contributed by atoms with E-state index in [9.17, 15) is 18.0 Å². The number of aliphatic hydroxyl groups is 1. The molecule has 0 spiro atoms. The highest BCUT2D eigenvalue weighted by atomic mass is 19.4. The molecule has 0 aliphatic rings. The number of hydrogen-bond donors (Lipinski definition) is 3. The van der Waals surface area contributed by atoms with E-state index in [4.69, 9.17) is 15.9 Å². The van der Waals surface area contributed by atoms with Crippen LogP contribution in [0, 0.1) is 0 Å². The highest BCUT2D eigenvalue weighted by Gasteiger charge is 2.38. The number of benzene rings is 1. The maximum absolute atomic E-state index is 12.4. The zero-order chi connectivity index (χ0) is 13.3. The smallest absolute Gasteiger partial charge is 0.416 e. The lowest BCUT2D eigenvalue weighted by Gasteiger charge is -2.23. The molecule has 94 valence electrons. The maximum Gasteiger partial charge on any atom is 0.416 e. The second kappa shape index (κ2) is 4.34. The Morgan fingerprint density at radius 1 is 1.29 bits per heavy atom. The average Bonchev–Trinajstić information content (AvgIpc) is 2.26. The van der Waals surface area contributed by atoms with Crippen LogP contribution in [-0.4, -0.2) is 22.8 Å². The van der Waals surface area contributed by atoms with Crippen molar-refractivity contribution in [2.24, 2.45) is 5.73 Å². The monoisotopic (exact) mass is 249 g/mol. The Morgan fingerprint density at radius 3 is 2.24 bits per heavy atom. The lowest BCUT2D eigenvalue weighted by molar-refractivity contribution is -0.146. The molecule has 7 heteroatoms. The number of halogens is 3. The Hall–Kier alpha value is -1.60. The van der Waals surface area contributed by atoms with Crippen LogP contribution < -0.4 is 5.73 Å². The molecule has 4 nitrogen and oxygen atoms in total. The molecule has 0 saturated heterocycles. The second-order valence-electron chi connectivity index (χ2n) is 3.51. The fraction of sp³-hybridized carbons (Fsp3) is 0.300. The molecule has 1 rings (SSSR count). The SMILES string of the molecule is NC(CO)(C(=O)O)c1cccc(C(F)(F)F)c1. The van der Waals surface area contributed by atoms with Crippen LogP contribution in [0.3, 0.4) is 0 Å². The predicted molar refractivity (Wildman–Crippen MR) is 52.0 cm³/mol. The molecule has 4 N–H and O–H groups in total. The van der Waals surface area contributed by atoms with Gasteiger partial charge in [0.25, 0.3) is 0 Å². The first kappa shape index (κ1) is 13.5. The number of aliphatic carboxylic acids is 1. The summed E-state index contributed by atoms with van der Waals surface area (Å²) in [5.74, 6) is -1.60. The summed E-state index contributed by atoms with van der Waals surface area (Å²) in [5.41, 5.74) is 1.80. The molecule has 0 bridgehead atoms. The number of carboxylic acid groups (broad SMARTS) is 1. The van der Waals surface area contributed by atoms with Gasteiger partial charge in [-0.3, -0.25) is 0 Å². The Balaban J connectivity index is 3.28. The fourth-order valence-corrected chi connectivity index (χ4v) is 1.26. The quantitative estimate of drug-likeness (QED) is 0.744. The van der Waals surface area contributed by atoms with Gasteiger partial charge in [-0.2, -0.15) is 13.2 Å². The van der Waals surface area contributed by atoms with E-state index in [-0.39, 0.29) is 5.56 Å². The third kappa shape index (κ3) is 2.56. The Bertz CT molecular complexity index is 433. The van der Waals surface area contributed by atoms with Gasteiger partial charge in [0.1, 0.15) is 0 Å². The minimum Gasteiger partial charge on any atom is -0.480 e. The molecule has 1 aromatic rings. The van der Waals surface area contributed by atoms with Crippen LogP contribution in [0.25, 0.3) is 0 Å². The number of aliphatic hydroxyl groups excluding tert-OH is 1. The van der Waals surface area contributed by atoms with Gasteiger partial charge in [-0.05, 0) is 17.7 Å². The van der Waals surface area contributed by atoms with Gasteiger partial charge in [0.15, 0.2) is 5.54 Å². The summed E-state index contributed by atoms with van der Waals surface area (Å²) in [6, 6.07) is 3.57. The standard InChI is InChI=1S/C10H10F3NO3/c11-10(12,13)7-3-1-2-6(4-7)9(14,5-15)8(16)17/h1-4,15H,5,14H2,(H,16,17). The highest BCUT2D eigenvalue weighted by Crippen LogP contribution is 2.31. The first-order valence-corrected chi connectivity index (χ1v) is 4.52. The van der Waals surface area contributed by atoms with Gasteiger partial charge >= 0.3 is 12.1 Å². The summed E-state index contributed by atoms with van der Waals surface area (Å²) in [6.45, 7) is -0.996. The molecule has 0 amide bonds. The number of hydrogen-bond acceptors (Lipinski definition) is 3. The third-order valence-corrected chi connectivity index (χ3v) is 2.34. The van der Waals surface area contributed by atoms with Crippen molar-refractivity contribution in [3.05, 3.63) is 35.4 Å². The largest absolute Gasteiger partial charge is 0.480 e. The Morgan fingerprint density at radius 2 is 1.82 bits per heavy atom. The van der Waals surface area contributed by atoms with Gasteiger partial charge in [-0.25, -0.2) is 4.79 Å². The summed E-state index contributed by atoms with van der Waals surface area (Å²) in [4.78, 5) is 10.8. The van der Waals surface area contributed by atoms with E-state index in [0.717, 1.165) is 18.2 Å². The van der Waals surface area contributed by atoms with Crippen LogP contribution in [0.15, 0.2) is 24.3 Å². The van der Waals surface area contributed by atoms with Crippen molar-refractivity contribution in [1.29, 1.82) is 0 Å². The predicted octanol–water partition coefficient (Wildman–Crippen LogP) is 0.936. The molecule has 1 aromatic carbocycles. The molecular formula is C10H10F3NO3. The van der Waals surface area contributed by atoms with E-state index in [0.29, 0.717) is 6.07 Å². The van der Waals surface area contributed by atoms with Gasteiger partial charge in [0, 0.05) is 0 Å². The molecule has 0 fully saturated rings. The van der Waals surface area contributed by atoms with E-state index in [2.05, 4.69) is 0 Å². The van der Waals surface area contributed by atoms with E-state index in [1.807, 2.05) is 0 Å². The van der Waals surface area contributed by atoms with Crippen LogP contribution in [0.4, 0.5) is 13.2 Å². The van der Waals surface area contributed by atoms with Crippen molar-refractivity contribution in [2.75, 3.05) is 6.61 Å². The van der Waals surface area contributed by atoms with Crippen molar-refractivity contribution < 1.29 is 28.2 Å². The van der Waals surface area contributed by atoms with Crippen molar-refractivity contribution in [3.63, 3.8) is 0 Å². The normalized spacial score (nSPS) is 15.4. The molecule has 0 aliphatic carbocycles. The van der Waals surface area contributed by atoms with Crippen LogP contribution in [0.5, 0.6) is 0 Å². The fourth-order valence-electron chi connectivity index (χ4n) is 1.26.